The highest BCUT2D eigenvalue weighted by atomic mass is 79.9. The Bertz CT molecular complexity index is 281. The van der Waals surface area contributed by atoms with Gasteiger partial charge in [-0.05, 0) is 35.9 Å². The third-order valence-electron chi connectivity index (χ3n) is 2.08. The fourth-order valence-corrected chi connectivity index (χ4v) is 2.81. The summed E-state index contributed by atoms with van der Waals surface area (Å²) in [6.45, 7) is 2.20. The summed E-state index contributed by atoms with van der Waals surface area (Å²) >= 11 is 5.17. The van der Waals surface area contributed by atoms with E-state index >= 15 is 0 Å². The van der Waals surface area contributed by atoms with Gasteiger partial charge in [-0.15, -0.1) is 0 Å². The van der Waals surface area contributed by atoms with Gasteiger partial charge < -0.3 is 0 Å². The van der Waals surface area contributed by atoms with Crippen LogP contribution in [0.3, 0.4) is 0 Å². The molecule has 1 aromatic carbocycles. The monoisotopic (exact) mass is 290 g/mol. The highest BCUT2D eigenvalue weighted by Gasteiger charge is 1.99. The summed E-state index contributed by atoms with van der Waals surface area (Å²) < 4.78 is 13.8. The first kappa shape index (κ1) is 13.0. The molecule has 0 radical (unpaired) electrons. The lowest BCUT2D eigenvalue weighted by molar-refractivity contribution is 0.625. The fraction of sp³-hybridized carbons (Fsp3) is 0.500. The van der Waals surface area contributed by atoms with E-state index < -0.39 is 0 Å². The smallest absolute Gasteiger partial charge is 0.124 e. The summed E-state index contributed by atoms with van der Waals surface area (Å²) in [5.74, 6) is 1.91. The Labute approximate surface area is 104 Å². The zero-order valence-corrected chi connectivity index (χ0v) is 11.3. The number of hydrogen-bond donors (Lipinski definition) is 0. The third-order valence-corrected chi connectivity index (χ3v) is 3.66. The maximum atomic E-state index is 13.0. The molecule has 0 heterocycles. The van der Waals surface area contributed by atoms with Gasteiger partial charge in [-0.2, -0.15) is 11.8 Å². The molecule has 84 valence electrons. The van der Waals surface area contributed by atoms with E-state index in [9.17, 15) is 4.39 Å². The van der Waals surface area contributed by atoms with Gasteiger partial charge in [0.15, 0.2) is 0 Å². The molecule has 0 unspecified atom stereocenters. The Kier molecular flexibility index (Phi) is 6.34. The van der Waals surface area contributed by atoms with Crippen molar-refractivity contribution < 1.29 is 4.39 Å². The molecule has 3 heteroatoms. The normalized spacial score (nSPS) is 10.6. The Morgan fingerprint density at radius 2 is 2.07 bits per heavy atom. The minimum Gasteiger partial charge on any atom is -0.207 e. The molecule has 1 rings (SSSR count). The fourth-order valence-electron chi connectivity index (χ4n) is 1.34. The van der Waals surface area contributed by atoms with Crippen molar-refractivity contribution in [2.75, 3.05) is 5.75 Å². The SMILES string of the molecule is CCCCCSCc1cc(F)cc(Br)c1. The Morgan fingerprint density at radius 3 is 2.73 bits per heavy atom. The van der Waals surface area contributed by atoms with Crippen LogP contribution in [-0.4, -0.2) is 5.75 Å². The van der Waals surface area contributed by atoms with Gasteiger partial charge in [-0.1, -0.05) is 35.7 Å². The van der Waals surface area contributed by atoms with Crippen LogP contribution in [0.2, 0.25) is 0 Å². The van der Waals surface area contributed by atoms with Gasteiger partial charge in [-0.3, -0.25) is 0 Å². The van der Waals surface area contributed by atoms with Crippen molar-refractivity contribution in [3.63, 3.8) is 0 Å². The van der Waals surface area contributed by atoms with Crippen LogP contribution in [0.25, 0.3) is 0 Å². The average Bonchev–Trinajstić information content (AvgIpc) is 2.16. The summed E-state index contributed by atoms with van der Waals surface area (Å²) in [5.41, 5.74) is 1.06. The van der Waals surface area contributed by atoms with E-state index in [-0.39, 0.29) is 5.82 Å². The number of unbranched alkanes of at least 4 members (excludes halogenated alkanes) is 2. The topological polar surface area (TPSA) is 0 Å². The van der Waals surface area contributed by atoms with Gasteiger partial charge in [0.25, 0.3) is 0 Å². The molecule has 0 N–H and O–H groups in total. The minimum atomic E-state index is -0.159. The van der Waals surface area contributed by atoms with Crippen molar-refractivity contribution in [1.82, 2.24) is 0 Å². The van der Waals surface area contributed by atoms with E-state index in [1.54, 1.807) is 6.07 Å². The highest BCUT2D eigenvalue weighted by Crippen LogP contribution is 2.19. The molecule has 0 aliphatic rings. The Hall–Kier alpha value is -0.0200. The maximum Gasteiger partial charge on any atom is 0.124 e. The van der Waals surface area contributed by atoms with Gasteiger partial charge >= 0.3 is 0 Å². The second kappa shape index (κ2) is 7.29. The number of rotatable bonds is 6. The predicted molar refractivity (Wildman–Crippen MR) is 69.8 cm³/mol. The van der Waals surface area contributed by atoms with Gasteiger partial charge in [0.1, 0.15) is 5.82 Å². The predicted octanol–water partition coefficient (Wildman–Crippen LogP) is 5.01. The molecule has 0 saturated heterocycles. The molecule has 0 fully saturated rings. The molecule has 15 heavy (non-hydrogen) atoms. The van der Waals surface area contributed by atoms with Crippen LogP contribution in [-0.2, 0) is 5.75 Å². The van der Waals surface area contributed by atoms with Crippen molar-refractivity contribution in [2.24, 2.45) is 0 Å². The summed E-state index contributed by atoms with van der Waals surface area (Å²) in [6, 6.07) is 5.08. The first-order valence-corrected chi connectivity index (χ1v) is 7.20. The van der Waals surface area contributed by atoms with Crippen LogP contribution >= 0.6 is 27.7 Å². The first-order chi connectivity index (χ1) is 7.22. The molecule has 0 aliphatic heterocycles. The van der Waals surface area contributed by atoms with E-state index in [2.05, 4.69) is 22.9 Å². The Balaban J connectivity index is 2.31. The molecule has 0 spiro atoms. The molecule has 0 atom stereocenters. The molecule has 0 aromatic heterocycles. The van der Waals surface area contributed by atoms with E-state index in [0.717, 1.165) is 15.8 Å². The summed E-state index contributed by atoms with van der Waals surface area (Å²) in [4.78, 5) is 0. The Morgan fingerprint density at radius 1 is 1.27 bits per heavy atom. The standard InChI is InChI=1S/C12H16BrFS/c1-2-3-4-5-15-9-10-6-11(13)8-12(14)7-10/h6-8H,2-5,9H2,1H3. The van der Waals surface area contributed by atoms with Crippen LogP contribution in [0.4, 0.5) is 4.39 Å². The van der Waals surface area contributed by atoms with Gasteiger partial charge in [-0.25, -0.2) is 4.39 Å². The van der Waals surface area contributed by atoms with Crippen LogP contribution in [0.1, 0.15) is 31.7 Å². The van der Waals surface area contributed by atoms with E-state index in [0.29, 0.717) is 0 Å². The highest BCUT2D eigenvalue weighted by molar-refractivity contribution is 9.10. The number of halogens is 2. The molecule has 0 aliphatic carbocycles. The summed E-state index contributed by atoms with van der Waals surface area (Å²) in [7, 11) is 0. The average molecular weight is 291 g/mol. The lowest BCUT2D eigenvalue weighted by atomic mass is 10.2. The van der Waals surface area contributed by atoms with Crippen molar-refractivity contribution >= 4 is 27.7 Å². The van der Waals surface area contributed by atoms with E-state index in [1.165, 1.54) is 31.1 Å². The molecular weight excluding hydrogens is 275 g/mol. The molecule has 1 aromatic rings. The van der Waals surface area contributed by atoms with Crippen LogP contribution in [0.5, 0.6) is 0 Å². The zero-order valence-electron chi connectivity index (χ0n) is 8.93. The second-order valence-electron chi connectivity index (χ2n) is 3.54. The van der Waals surface area contributed by atoms with Crippen LogP contribution in [0.15, 0.2) is 22.7 Å². The van der Waals surface area contributed by atoms with E-state index in [1.807, 2.05) is 17.8 Å². The summed E-state index contributed by atoms with van der Waals surface area (Å²) in [6.07, 6.45) is 3.81. The maximum absolute atomic E-state index is 13.0. The van der Waals surface area contributed by atoms with Gasteiger partial charge in [0.05, 0.1) is 0 Å². The number of thioether (sulfide) groups is 1. The molecule has 0 nitrogen and oxygen atoms in total. The van der Waals surface area contributed by atoms with Crippen molar-refractivity contribution in [2.45, 2.75) is 31.9 Å². The molecule has 0 amide bonds. The third kappa shape index (κ3) is 5.57. The summed E-state index contributed by atoms with van der Waals surface area (Å²) in [5, 5.41) is 0. The minimum absolute atomic E-state index is 0.159. The van der Waals surface area contributed by atoms with Crippen LogP contribution < -0.4 is 0 Å². The molecule has 0 saturated carbocycles. The van der Waals surface area contributed by atoms with Gasteiger partial charge in [0, 0.05) is 10.2 Å². The number of hydrogen-bond acceptors (Lipinski definition) is 1. The van der Waals surface area contributed by atoms with Crippen molar-refractivity contribution in [3.8, 4) is 0 Å². The van der Waals surface area contributed by atoms with Gasteiger partial charge in [0.2, 0.25) is 0 Å². The van der Waals surface area contributed by atoms with Crippen molar-refractivity contribution in [1.29, 1.82) is 0 Å². The first-order valence-electron chi connectivity index (χ1n) is 5.25. The second-order valence-corrected chi connectivity index (χ2v) is 5.56. The molecular formula is C12H16BrFS. The van der Waals surface area contributed by atoms with E-state index in [4.69, 9.17) is 0 Å². The lowest BCUT2D eigenvalue weighted by Crippen LogP contribution is -1.86. The lowest BCUT2D eigenvalue weighted by Gasteiger charge is -2.02. The largest absolute Gasteiger partial charge is 0.207 e. The zero-order chi connectivity index (χ0) is 11.1. The quantitative estimate of drug-likeness (QED) is 0.664. The van der Waals surface area contributed by atoms with Crippen LogP contribution in [0, 0.1) is 5.82 Å². The molecule has 0 bridgehead atoms. The number of benzene rings is 1. The van der Waals surface area contributed by atoms with Crippen molar-refractivity contribution in [3.05, 3.63) is 34.1 Å².